The largest absolute Gasteiger partial charge is 0.334 e. The summed E-state index contributed by atoms with van der Waals surface area (Å²) in [5.74, 6) is 0. The van der Waals surface area contributed by atoms with Crippen LogP contribution in [0.3, 0.4) is 0 Å². The lowest BCUT2D eigenvalue weighted by molar-refractivity contribution is 0.195. The molecule has 0 N–H and O–H groups in total. The first-order valence-electron chi connectivity index (χ1n) is 31.0. The minimum Gasteiger partial charge on any atom is -0.334 e. The predicted octanol–water partition coefficient (Wildman–Crippen LogP) is 19.9. The van der Waals surface area contributed by atoms with E-state index < -0.39 is 0 Å². The monoisotopic (exact) mass is 1110 g/mol. The van der Waals surface area contributed by atoms with Crippen molar-refractivity contribution in [3.63, 3.8) is 0 Å². The van der Waals surface area contributed by atoms with E-state index in [1.165, 1.54) is 167 Å². The Morgan fingerprint density at radius 1 is 0.439 bits per heavy atom. The molecule has 4 aliphatic heterocycles. The van der Waals surface area contributed by atoms with Crippen LogP contribution in [0.5, 0.6) is 0 Å². The Morgan fingerprint density at radius 2 is 1.01 bits per heavy atom. The first-order valence-corrected chi connectivity index (χ1v) is 32.6. The molecule has 3 unspecified atom stereocenters. The Hall–Kier alpha value is -6.34. The summed E-state index contributed by atoms with van der Waals surface area (Å²) in [6, 6.07) is 52.7. The van der Waals surface area contributed by atoms with Crippen molar-refractivity contribution in [1.29, 1.82) is 0 Å². The Balaban J connectivity index is 1.09. The van der Waals surface area contributed by atoms with Gasteiger partial charge in [0.25, 0.3) is 6.71 Å². The molecule has 10 aromatic rings. The van der Waals surface area contributed by atoms with E-state index in [2.05, 4.69) is 232 Å². The normalized spacial score (nSPS) is 23.9. The molecule has 6 heteroatoms. The molecule has 8 aromatic carbocycles. The molecule has 7 aliphatic rings. The molecule has 1 fully saturated rings. The summed E-state index contributed by atoms with van der Waals surface area (Å²) in [5.41, 5.74) is 26.4. The maximum absolute atomic E-state index is 2.96. The highest BCUT2D eigenvalue weighted by atomic mass is 32.1. The Kier molecular flexibility index (Phi) is 9.73. The predicted molar refractivity (Wildman–Crippen MR) is 356 cm³/mol. The molecule has 82 heavy (non-hydrogen) atoms. The van der Waals surface area contributed by atoms with Crippen molar-refractivity contribution in [3.8, 4) is 0 Å². The zero-order valence-corrected chi connectivity index (χ0v) is 52.1. The van der Waals surface area contributed by atoms with Crippen LogP contribution in [0.1, 0.15) is 179 Å². The van der Waals surface area contributed by atoms with Crippen LogP contribution >= 0.6 is 22.7 Å². The summed E-state index contributed by atoms with van der Waals surface area (Å²) in [4.78, 5) is 8.59. The molecule has 17 rings (SSSR count). The lowest BCUT2D eigenvalue weighted by Crippen LogP contribution is -2.62. The van der Waals surface area contributed by atoms with E-state index in [1.54, 1.807) is 5.56 Å². The molecule has 410 valence electrons. The highest BCUT2D eigenvalue weighted by molar-refractivity contribution is 7.26. The Bertz CT molecular complexity index is 4540. The van der Waals surface area contributed by atoms with E-state index in [0.717, 1.165) is 25.7 Å². The second kappa shape index (κ2) is 15.9. The second-order valence-corrected chi connectivity index (χ2v) is 32.3. The van der Waals surface area contributed by atoms with Crippen molar-refractivity contribution in [2.75, 3.05) is 14.7 Å². The third-order valence-corrected chi connectivity index (χ3v) is 25.5. The van der Waals surface area contributed by atoms with Crippen LogP contribution in [-0.4, -0.2) is 12.3 Å². The van der Waals surface area contributed by atoms with Gasteiger partial charge in [-0.3, -0.25) is 0 Å². The quantitative estimate of drug-likeness (QED) is 0.152. The Labute approximate surface area is 494 Å². The molecule has 3 atom stereocenters. The number of benzene rings is 8. The number of hydrogen-bond acceptors (Lipinski definition) is 5. The fourth-order valence-corrected chi connectivity index (χ4v) is 20.5. The summed E-state index contributed by atoms with van der Waals surface area (Å²) in [5, 5.41) is 5.40. The molecule has 1 saturated carbocycles. The first kappa shape index (κ1) is 50.2. The third kappa shape index (κ3) is 6.24. The van der Waals surface area contributed by atoms with Gasteiger partial charge in [-0.2, -0.15) is 0 Å². The van der Waals surface area contributed by atoms with E-state index in [0.29, 0.717) is 0 Å². The van der Waals surface area contributed by atoms with Crippen molar-refractivity contribution >= 4 is 132 Å². The van der Waals surface area contributed by atoms with Crippen molar-refractivity contribution in [2.24, 2.45) is 0 Å². The van der Waals surface area contributed by atoms with Gasteiger partial charge in [0.15, 0.2) is 0 Å². The van der Waals surface area contributed by atoms with Crippen molar-refractivity contribution in [1.82, 2.24) is 0 Å². The third-order valence-electron chi connectivity index (χ3n) is 23.2. The van der Waals surface area contributed by atoms with Crippen molar-refractivity contribution in [3.05, 3.63) is 172 Å². The van der Waals surface area contributed by atoms with Gasteiger partial charge in [-0.25, -0.2) is 0 Å². The molecule has 0 spiro atoms. The van der Waals surface area contributed by atoms with Crippen LogP contribution < -0.4 is 31.1 Å². The highest BCUT2D eigenvalue weighted by Crippen LogP contribution is 2.65. The second-order valence-electron chi connectivity index (χ2n) is 30.2. The summed E-state index contributed by atoms with van der Waals surface area (Å²) >= 11 is 3.93. The van der Waals surface area contributed by atoms with Gasteiger partial charge in [0, 0.05) is 80.9 Å². The van der Waals surface area contributed by atoms with E-state index in [9.17, 15) is 0 Å². The lowest BCUT2D eigenvalue weighted by Gasteiger charge is -2.51. The molecule has 2 aromatic heterocycles. The fourth-order valence-electron chi connectivity index (χ4n) is 18.1. The van der Waals surface area contributed by atoms with E-state index in [1.807, 2.05) is 22.7 Å². The molecule has 6 bridgehead atoms. The summed E-state index contributed by atoms with van der Waals surface area (Å²) in [7, 11) is 0. The smallest absolute Gasteiger partial charge is 0.252 e. The summed E-state index contributed by atoms with van der Waals surface area (Å²) in [6.45, 7) is 33.0. The van der Waals surface area contributed by atoms with Gasteiger partial charge in [-0.05, 0) is 195 Å². The SMILES string of the molecule is Cc1cc2c3cc1N1c4cc5sc6ccccc6c5cc4B4c5cc6c(cc5N(c5cccc7c5sc5ccccc57)c5cc(cc1c54)N1c4cc(c(C(C)(C)C)cc4C4(C)CCCCC14C)C3(C)CCC2(C)C)C(C)(C)CCC6(C)C. The maximum Gasteiger partial charge on any atom is 0.252 e. The average molecular weight is 1110 g/mol. The van der Waals surface area contributed by atoms with E-state index >= 15 is 0 Å². The molecule has 3 nitrogen and oxygen atoms in total. The van der Waals surface area contributed by atoms with Crippen LogP contribution in [0, 0.1) is 6.92 Å². The maximum atomic E-state index is 2.96. The molecule has 0 radical (unpaired) electrons. The summed E-state index contributed by atoms with van der Waals surface area (Å²) in [6.07, 6.45) is 9.36. The lowest BCUT2D eigenvalue weighted by atomic mass is 9.33. The van der Waals surface area contributed by atoms with Gasteiger partial charge in [-0.1, -0.05) is 162 Å². The van der Waals surface area contributed by atoms with Gasteiger partial charge < -0.3 is 14.7 Å². The van der Waals surface area contributed by atoms with Gasteiger partial charge in [0.05, 0.1) is 15.9 Å². The van der Waals surface area contributed by atoms with Crippen LogP contribution in [-0.2, 0) is 32.5 Å². The van der Waals surface area contributed by atoms with Gasteiger partial charge >= 0.3 is 0 Å². The number of rotatable bonds is 1. The van der Waals surface area contributed by atoms with E-state index in [-0.39, 0.29) is 44.7 Å². The number of thiophene rings is 2. The molecular formula is C76H76BN3S2. The molecule has 0 saturated heterocycles. The number of nitrogens with zero attached hydrogens (tertiary/aromatic N) is 3. The van der Waals surface area contributed by atoms with Crippen LogP contribution in [0.4, 0.5) is 45.5 Å². The minimum atomic E-state index is -0.229. The van der Waals surface area contributed by atoms with Gasteiger partial charge in [0.1, 0.15) is 0 Å². The highest BCUT2D eigenvalue weighted by Gasteiger charge is 2.60. The van der Waals surface area contributed by atoms with Crippen LogP contribution in [0.25, 0.3) is 40.3 Å². The number of hydrogen-bond donors (Lipinski definition) is 0. The zero-order chi connectivity index (χ0) is 56.3. The first-order chi connectivity index (χ1) is 39.0. The molecule has 6 heterocycles. The topological polar surface area (TPSA) is 9.72 Å². The number of anilines is 8. The molecule has 3 aliphatic carbocycles. The zero-order valence-electron chi connectivity index (χ0n) is 50.5. The van der Waals surface area contributed by atoms with Crippen molar-refractivity contribution < 1.29 is 0 Å². The number of aryl methyl sites for hydroxylation is 1. The standard InChI is InChI=1S/C76H76BN3S2/c1-43-33-50-54-40-59(43)79-62-42-67-48(46-22-15-16-25-65(46)81-67)36-56(62)77-57-38-51-52(72(7,8)30-29-71(51,5)6)39-61(57)78(58-24-20-23-47-45-21-14-17-26-66(45)82-69(47)58)63-34-44(35-64(79)68(63)77)80-60-41-53(74(54,11)32-31-73(50,9)10)49(70(2,3)4)37-55(60)75(12)27-18-19-28-76(75,80)13/h14-17,20-26,33-42H,18-19,27-32H2,1-13H3. The molecular weight excluding hydrogens is 1030 g/mol. The van der Waals surface area contributed by atoms with Gasteiger partial charge in [0.2, 0.25) is 0 Å². The molecule has 0 amide bonds. The van der Waals surface area contributed by atoms with Crippen LogP contribution in [0.15, 0.2) is 127 Å². The average Bonchev–Trinajstić information content (AvgIpc) is 1.32. The fraction of sp³-hybridized carbons (Fsp3) is 0.368. The van der Waals surface area contributed by atoms with Crippen molar-refractivity contribution in [2.45, 2.75) is 179 Å². The van der Waals surface area contributed by atoms with E-state index in [4.69, 9.17) is 0 Å². The van der Waals surface area contributed by atoms with Gasteiger partial charge in [-0.15, -0.1) is 22.7 Å². The Morgan fingerprint density at radius 3 is 1.73 bits per heavy atom. The summed E-state index contributed by atoms with van der Waals surface area (Å²) < 4.78 is 5.40. The number of fused-ring (bicyclic) bond motifs is 21. The minimum absolute atomic E-state index is 0.00912. The van der Waals surface area contributed by atoms with Crippen LogP contribution in [0.2, 0.25) is 0 Å².